The highest BCUT2D eigenvalue weighted by Gasteiger charge is 2.22. The molecule has 0 saturated carbocycles. The third-order valence-electron chi connectivity index (χ3n) is 4.57. The lowest BCUT2D eigenvalue weighted by atomic mass is 10.0. The second kappa shape index (κ2) is 5.96. The Balaban J connectivity index is 1.82. The van der Waals surface area contributed by atoms with Crippen LogP contribution in [0.3, 0.4) is 0 Å². The molecule has 4 heterocycles. The van der Waals surface area contributed by atoms with Crippen LogP contribution in [0, 0.1) is 0 Å². The number of likely N-dealkylation sites (N-methyl/N-ethyl adjacent to an activating group) is 1. The summed E-state index contributed by atoms with van der Waals surface area (Å²) >= 11 is 0. The quantitative estimate of drug-likeness (QED) is 0.776. The molecule has 1 aliphatic rings. The van der Waals surface area contributed by atoms with Crippen molar-refractivity contribution in [2.45, 2.75) is 18.9 Å². The number of nitrogens with zero attached hydrogens (tertiary/aromatic N) is 4. The predicted octanol–water partition coefficient (Wildman–Crippen LogP) is 2.21. The summed E-state index contributed by atoms with van der Waals surface area (Å²) in [5.41, 5.74) is 4.05. The molecule has 6 nitrogen and oxygen atoms in total. The molecule has 3 aromatic rings. The lowest BCUT2D eigenvalue weighted by Gasteiger charge is -2.34. The highest BCUT2D eigenvalue weighted by atomic mass is 15.2. The Labute approximate surface area is 135 Å². The van der Waals surface area contributed by atoms with E-state index in [-0.39, 0.29) is 0 Å². The van der Waals surface area contributed by atoms with E-state index < -0.39 is 0 Å². The maximum absolute atomic E-state index is 4.48. The van der Waals surface area contributed by atoms with Crippen molar-refractivity contribution >= 4 is 16.7 Å². The maximum atomic E-state index is 4.48. The zero-order valence-electron chi connectivity index (χ0n) is 13.2. The number of anilines is 1. The number of pyridine rings is 1. The van der Waals surface area contributed by atoms with Crippen LogP contribution in [-0.4, -0.2) is 46.3 Å². The molecule has 118 valence electrons. The fourth-order valence-corrected chi connectivity index (χ4v) is 3.38. The van der Waals surface area contributed by atoms with Crippen molar-refractivity contribution in [2.24, 2.45) is 0 Å². The molecule has 1 saturated heterocycles. The molecule has 4 rings (SSSR count). The molecule has 3 aromatic heterocycles. The third-order valence-corrected chi connectivity index (χ3v) is 4.57. The van der Waals surface area contributed by atoms with Crippen LogP contribution < -0.4 is 10.2 Å². The Bertz CT molecular complexity index is 797. The molecule has 1 fully saturated rings. The number of hydrogen-bond donors (Lipinski definition) is 2. The van der Waals surface area contributed by atoms with Crippen molar-refractivity contribution in [1.29, 1.82) is 0 Å². The summed E-state index contributed by atoms with van der Waals surface area (Å²) in [6.45, 7) is 2.09. The van der Waals surface area contributed by atoms with E-state index in [1.807, 2.05) is 31.6 Å². The molecule has 1 atom stereocenters. The largest absolute Gasteiger partial charge is 0.369 e. The molecule has 1 aliphatic heterocycles. The van der Waals surface area contributed by atoms with Crippen LogP contribution in [0.1, 0.15) is 12.8 Å². The van der Waals surface area contributed by atoms with E-state index in [0.29, 0.717) is 6.04 Å². The van der Waals surface area contributed by atoms with Gasteiger partial charge in [0.05, 0.1) is 16.8 Å². The molecule has 0 amide bonds. The topological polar surface area (TPSA) is 69.7 Å². The van der Waals surface area contributed by atoms with Gasteiger partial charge in [-0.25, -0.2) is 4.98 Å². The predicted molar refractivity (Wildman–Crippen MR) is 91.4 cm³/mol. The third kappa shape index (κ3) is 2.55. The molecule has 0 bridgehead atoms. The lowest BCUT2D eigenvalue weighted by molar-refractivity contribution is 0.450. The average molecular weight is 308 g/mol. The van der Waals surface area contributed by atoms with Crippen LogP contribution in [0.4, 0.5) is 5.69 Å². The Morgan fingerprint density at radius 1 is 1.30 bits per heavy atom. The van der Waals surface area contributed by atoms with Gasteiger partial charge in [0.15, 0.2) is 0 Å². The van der Waals surface area contributed by atoms with E-state index in [1.54, 1.807) is 6.20 Å². The Kier molecular flexibility index (Phi) is 3.67. The highest BCUT2D eigenvalue weighted by Crippen LogP contribution is 2.34. The second-order valence-electron chi connectivity index (χ2n) is 5.94. The van der Waals surface area contributed by atoms with E-state index >= 15 is 0 Å². The van der Waals surface area contributed by atoms with Gasteiger partial charge >= 0.3 is 0 Å². The monoisotopic (exact) mass is 308 g/mol. The molecule has 0 unspecified atom stereocenters. The molecule has 0 aliphatic carbocycles. The Hall–Kier alpha value is -2.47. The number of H-pyrrole nitrogens is 1. The van der Waals surface area contributed by atoms with Crippen LogP contribution in [-0.2, 0) is 0 Å². The fraction of sp³-hybridized carbons (Fsp3) is 0.353. The van der Waals surface area contributed by atoms with Crippen LogP contribution in [0.2, 0.25) is 0 Å². The minimum absolute atomic E-state index is 0.533. The summed E-state index contributed by atoms with van der Waals surface area (Å²) in [5.74, 6) is 0. The van der Waals surface area contributed by atoms with E-state index in [0.717, 1.165) is 35.4 Å². The number of nitrogens with one attached hydrogen (secondary N) is 2. The van der Waals surface area contributed by atoms with Gasteiger partial charge in [0.2, 0.25) is 0 Å². The van der Waals surface area contributed by atoms with Gasteiger partial charge < -0.3 is 15.2 Å². The maximum Gasteiger partial charge on any atom is 0.140 e. The number of fused-ring (bicyclic) bond motifs is 1. The summed E-state index contributed by atoms with van der Waals surface area (Å²) in [4.78, 5) is 10.2. The first-order valence-corrected chi connectivity index (χ1v) is 8.03. The molecule has 0 spiro atoms. The number of aromatic amines is 1. The van der Waals surface area contributed by atoms with Crippen molar-refractivity contribution in [1.82, 2.24) is 25.5 Å². The SMILES string of the molecule is CN[C@H]1CCCN(c2ccnc3[nH]cc(-c4cccnn4)c23)C1. The molecular formula is C17H20N6. The van der Waals surface area contributed by atoms with Crippen molar-refractivity contribution in [3.8, 4) is 11.3 Å². The van der Waals surface area contributed by atoms with E-state index in [1.165, 1.54) is 18.5 Å². The minimum Gasteiger partial charge on any atom is -0.369 e. The van der Waals surface area contributed by atoms with Crippen LogP contribution >= 0.6 is 0 Å². The van der Waals surface area contributed by atoms with Gasteiger partial charge in [0.25, 0.3) is 0 Å². The normalized spacial score (nSPS) is 18.5. The van der Waals surface area contributed by atoms with Gasteiger partial charge in [-0.3, -0.25) is 0 Å². The average Bonchev–Trinajstić information content (AvgIpc) is 3.06. The van der Waals surface area contributed by atoms with E-state index in [4.69, 9.17) is 0 Å². The van der Waals surface area contributed by atoms with Crippen LogP contribution in [0.15, 0.2) is 36.8 Å². The molecule has 2 N–H and O–H groups in total. The standard InChI is InChI=1S/C17H20N6/c1-18-12-4-3-9-23(11-12)15-6-8-19-17-16(15)13(10-20-17)14-5-2-7-21-22-14/h2,5-8,10,12,18H,3-4,9,11H2,1H3,(H,19,20)/t12-/m0/s1. The van der Waals surface area contributed by atoms with Crippen LogP contribution in [0.5, 0.6) is 0 Å². The van der Waals surface area contributed by atoms with Crippen molar-refractivity contribution < 1.29 is 0 Å². The smallest absolute Gasteiger partial charge is 0.140 e. The summed E-state index contributed by atoms with van der Waals surface area (Å²) < 4.78 is 0. The number of rotatable bonds is 3. The van der Waals surface area contributed by atoms with E-state index in [2.05, 4.69) is 36.4 Å². The summed E-state index contributed by atoms with van der Waals surface area (Å²) in [6.07, 6.45) is 7.97. The number of aromatic nitrogens is 4. The first-order valence-electron chi connectivity index (χ1n) is 8.03. The first kappa shape index (κ1) is 14.1. The Morgan fingerprint density at radius 2 is 2.26 bits per heavy atom. The highest BCUT2D eigenvalue weighted by molar-refractivity contribution is 6.01. The number of piperidine rings is 1. The van der Waals surface area contributed by atoms with Gasteiger partial charge in [-0.05, 0) is 38.1 Å². The molecule has 0 aromatic carbocycles. The summed E-state index contributed by atoms with van der Waals surface area (Å²) in [7, 11) is 2.04. The minimum atomic E-state index is 0.533. The second-order valence-corrected chi connectivity index (χ2v) is 5.94. The van der Waals surface area contributed by atoms with Gasteiger partial charge in [-0.1, -0.05) is 0 Å². The molecule has 23 heavy (non-hydrogen) atoms. The zero-order valence-corrected chi connectivity index (χ0v) is 13.2. The molecular weight excluding hydrogens is 288 g/mol. The van der Waals surface area contributed by atoms with Gasteiger partial charge in [-0.15, -0.1) is 0 Å². The molecule has 0 radical (unpaired) electrons. The fourth-order valence-electron chi connectivity index (χ4n) is 3.38. The van der Waals surface area contributed by atoms with Gasteiger partial charge in [-0.2, -0.15) is 10.2 Å². The van der Waals surface area contributed by atoms with Crippen molar-refractivity contribution in [2.75, 3.05) is 25.0 Å². The Morgan fingerprint density at radius 3 is 3.09 bits per heavy atom. The summed E-state index contributed by atoms with van der Waals surface area (Å²) in [5, 5.41) is 12.8. The first-order chi connectivity index (χ1) is 11.4. The zero-order chi connectivity index (χ0) is 15.6. The van der Waals surface area contributed by atoms with Crippen LogP contribution in [0.25, 0.3) is 22.3 Å². The molecule has 6 heteroatoms. The summed E-state index contributed by atoms with van der Waals surface area (Å²) in [6, 6.07) is 6.54. The number of hydrogen-bond acceptors (Lipinski definition) is 5. The van der Waals surface area contributed by atoms with Gasteiger partial charge in [0, 0.05) is 43.3 Å². The van der Waals surface area contributed by atoms with Crippen molar-refractivity contribution in [3.05, 3.63) is 36.8 Å². The van der Waals surface area contributed by atoms with Crippen molar-refractivity contribution in [3.63, 3.8) is 0 Å². The van der Waals surface area contributed by atoms with Gasteiger partial charge in [0.1, 0.15) is 5.65 Å². The lowest BCUT2D eigenvalue weighted by Crippen LogP contribution is -2.44. The van der Waals surface area contributed by atoms with E-state index in [9.17, 15) is 0 Å².